The molecule has 0 radical (unpaired) electrons. The fraction of sp³-hybridized carbons (Fsp3) is 0.357. The predicted molar refractivity (Wildman–Crippen MR) is 68.0 cm³/mol. The molecule has 1 heterocycles. The lowest BCUT2D eigenvalue weighted by molar-refractivity contribution is 0.273. The molecule has 2 aromatic rings. The Balaban J connectivity index is 2.11. The zero-order valence-corrected chi connectivity index (χ0v) is 10.3. The third-order valence-electron chi connectivity index (χ3n) is 3.11. The van der Waals surface area contributed by atoms with Gasteiger partial charge in [-0.1, -0.05) is 31.2 Å². The van der Waals surface area contributed by atoms with Crippen molar-refractivity contribution in [3.05, 3.63) is 53.6 Å². The molecule has 0 saturated heterocycles. The number of benzene rings is 1. The second kappa shape index (κ2) is 5.15. The first-order valence-corrected chi connectivity index (χ1v) is 5.86. The maximum atomic E-state index is 9.09. The van der Waals surface area contributed by atoms with E-state index in [-0.39, 0.29) is 12.5 Å². The molecule has 1 aromatic carbocycles. The first-order valence-electron chi connectivity index (χ1n) is 5.86. The minimum atomic E-state index is 0.193. The molecule has 3 nitrogen and oxygen atoms in total. The van der Waals surface area contributed by atoms with Crippen molar-refractivity contribution in [1.82, 2.24) is 9.55 Å². The summed E-state index contributed by atoms with van der Waals surface area (Å²) < 4.78 is 2.03. The van der Waals surface area contributed by atoms with E-state index >= 15 is 0 Å². The van der Waals surface area contributed by atoms with Crippen LogP contribution in [0.1, 0.15) is 29.8 Å². The molecule has 0 fully saturated rings. The van der Waals surface area contributed by atoms with E-state index < -0.39 is 0 Å². The van der Waals surface area contributed by atoms with Crippen molar-refractivity contribution in [3.8, 4) is 0 Å². The van der Waals surface area contributed by atoms with Gasteiger partial charge in [0.1, 0.15) is 5.82 Å². The molecule has 0 aliphatic rings. The number of hydrogen-bond acceptors (Lipinski definition) is 2. The molecule has 1 unspecified atom stereocenters. The molecule has 0 aliphatic heterocycles. The van der Waals surface area contributed by atoms with E-state index in [1.165, 1.54) is 11.1 Å². The number of aliphatic hydroxyl groups excluding tert-OH is 1. The van der Waals surface area contributed by atoms with Crippen LogP contribution in [0.25, 0.3) is 0 Å². The largest absolute Gasteiger partial charge is 0.396 e. The maximum Gasteiger partial charge on any atom is 0.112 e. The molecule has 3 heteroatoms. The van der Waals surface area contributed by atoms with Crippen LogP contribution in [0, 0.1) is 0 Å². The second-order valence-electron chi connectivity index (χ2n) is 4.46. The highest BCUT2D eigenvalue weighted by Gasteiger charge is 2.05. The molecule has 0 aliphatic carbocycles. The van der Waals surface area contributed by atoms with Gasteiger partial charge in [0.2, 0.25) is 0 Å². The van der Waals surface area contributed by atoms with Crippen molar-refractivity contribution in [1.29, 1.82) is 0 Å². The van der Waals surface area contributed by atoms with Crippen molar-refractivity contribution in [2.75, 3.05) is 6.61 Å². The number of nitrogens with zero attached hydrogens (tertiary/aromatic N) is 2. The van der Waals surface area contributed by atoms with E-state index in [1.807, 2.05) is 30.9 Å². The average molecular weight is 230 g/mol. The van der Waals surface area contributed by atoms with E-state index in [4.69, 9.17) is 5.11 Å². The normalized spacial score (nSPS) is 12.6. The molecule has 0 spiro atoms. The molecule has 17 heavy (non-hydrogen) atoms. The zero-order valence-electron chi connectivity index (χ0n) is 10.3. The van der Waals surface area contributed by atoms with Gasteiger partial charge < -0.3 is 9.67 Å². The average Bonchev–Trinajstić information content (AvgIpc) is 2.75. The van der Waals surface area contributed by atoms with Crippen molar-refractivity contribution in [2.24, 2.45) is 7.05 Å². The van der Waals surface area contributed by atoms with Gasteiger partial charge in [-0.05, 0) is 11.1 Å². The summed E-state index contributed by atoms with van der Waals surface area (Å²) in [5.41, 5.74) is 2.42. The number of hydrogen-bond donors (Lipinski definition) is 1. The zero-order chi connectivity index (χ0) is 12.3. The lowest BCUT2D eigenvalue weighted by Crippen LogP contribution is -2.01. The first kappa shape index (κ1) is 11.9. The van der Waals surface area contributed by atoms with Crippen LogP contribution < -0.4 is 0 Å². The summed E-state index contributed by atoms with van der Waals surface area (Å²) >= 11 is 0. The van der Waals surface area contributed by atoms with E-state index in [2.05, 4.69) is 29.2 Å². The van der Waals surface area contributed by atoms with Crippen LogP contribution in [0.3, 0.4) is 0 Å². The smallest absolute Gasteiger partial charge is 0.112 e. The van der Waals surface area contributed by atoms with Crippen LogP contribution in [-0.4, -0.2) is 21.3 Å². The van der Waals surface area contributed by atoms with Crippen molar-refractivity contribution < 1.29 is 5.11 Å². The van der Waals surface area contributed by atoms with Crippen LogP contribution in [0.2, 0.25) is 0 Å². The molecule has 1 N–H and O–H groups in total. The third kappa shape index (κ3) is 2.74. The fourth-order valence-corrected chi connectivity index (χ4v) is 1.82. The number of aromatic nitrogens is 2. The summed E-state index contributed by atoms with van der Waals surface area (Å²) in [6.07, 6.45) is 4.62. The van der Waals surface area contributed by atoms with Crippen molar-refractivity contribution >= 4 is 0 Å². The van der Waals surface area contributed by atoms with Crippen LogP contribution >= 0.6 is 0 Å². The summed E-state index contributed by atoms with van der Waals surface area (Å²) in [5.74, 6) is 1.27. The standard InChI is InChI=1S/C14H18N2O/c1-11(10-17)13-5-3-12(4-6-13)9-14-15-7-8-16(14)2/h3-8,11,17H,9-10H2,1-2H3. The van der Waals surface area contributed by atoms with Gasteiger partial charge in [0.15, 0.2) is 0 Å². The number of aryl methyl sites for hydroxylation is 1. The van der Waals surface area contributed by atoms with Crippen LogP contribution in [0.15, 0.2) is 36.7 Å². The summed E-state index contributed by atoms with van der Waals surface area (Å²) in [7, 11) is 2.00. The highest BCUT2D eigenvalue weighted by molar-refractivity contribution is 5.27. The highest BCUT2D eigenvalue weighted by atomic mass is 16.3. The number of rotatable bonds is 4. The lowest BCUT2D eigenvalue weighted by Gasteiger charge is -2.09. The van der Waals surface area contributed by atoms with Gasteiger partial charge in [-0.15, -0.1) is 0 Å². The minimum absolute atomic E-state index is 0.193. The maximum absolute atomic E-state index is 9.09. The summed E-state index contributed by atoms with van der Waals surface area (Å²) in [5, 5.41) is 9.09. The van der Waals surface area contributed by atoms with Crippen molar-refractivity contribution in [3.63, 3.8) is 0 Å². The molecule has 0 amide bonds. The molecular formula is C14H18N2O. The Morgan fingerprint density at radius 1 is 1.29 bits per heavy atom. The predicted octanol–water partition coefficient (Wildman–Crippen LogP) is 2.11. The molecule has 2 rings (SSSR count). The van der Waals surface area contributed by atoms with E-state index in [1.54, 1.807) is 0 Å². The number of aliphatic hydroxyl groups is 1. The Hall–Kier alpha value is -1.61. The highest BCUT2D eigenvalue weighted by Crippen LogP contribution is 2.16. The quantitative estimate of drug-likeness (QED) is 0.873. The molecular weight excluding hydrogens is 212 g/mol. The molecule has 90 valence electrons. The summed E-state index contributed by atoms with van der Waals surface area (Å²) in [6, 6.07) is 8.38. The second-order valence-corrected chi connectivity index (χ2v) is 4.46. The Morgan fingerprint density at radius 2 is 2.00 bits per heavy atom. The van der Waals surface area contributed by atoms with E-state index in [0.29, 0.717) is 0 Å². The van der Waals surface area contributed by atoms with E-state index in [9.17, 15) is 0 Å². The third-order valence-corrected chi connectivity index (χ3v) is 3.11. The lowest BCUT2D eigenvalue weighted by atomic mass is 10.00. The minimum Gasteiger partial charge on any atom is -0.396 e. The fourth-order valence-electron chi connectivity index (χ4n) is 1.82. The van der Waals surface area contributed by atoms with E-state index in [0.717, 1.165) is 12.2 Å². The van der Waals surface area contributed by atoms with Crippen molar-refractivity contribution in [2.45, 2.75) is 19.3 Å². The first-order chi connectivity index (χ1) is 8.20. The Labute approximate surface area is 102 Å². The van der Waals surface area contributed by atoms with Gasteiger partial charge in [0.25, 0.3) is 0 Å². The van der Waals surface area contributed by atoms with Crippen LogP contribution in [0.4, 0.5) is 0 Å². The molecule has 0 bridgehead atoms. The Bertz CT molecular complexity index is 473. The van der Waals surface area contributed by atoms with Gasteiger partial charge in [0, 0.05) is 38.4 Å². The van der Waals surface area contributed by atoms with Gasteiger partial charge in [-0.25, -0.2) is 4.98 Å². The van der Waals surface area contributed by atoms with Gasteiger partial charge in [-0.3, -0.25) is 0 Å². The van der Waals surface area contributed by atoms with Gasteiger partial charge in [-0.2, -0.15) is 0 Å². The summed E-state index contributed by atoms with van der Waals surface area (Å²) in [4.78, 5) is 4.31. The molecule has 1 atom stereocenters. The molecule has 0 saturated carbocycles. The monoisotopic (exact) mass is 230 g/mol. The van der Waals surface area contributed by atoms with Gasteiger partial charge >= 0.3 is 0 Å². The van der Waals surface area contributed by atoms with Crippen LogP contribution in [0.5, 0.6) is 0 Å². The topological polar surface area (TPSA) is 38.1 Å². The van der Waals surface area contributed by atoms with Crippen LogP contribution in [-0.2, 0) is 13.5 Å². The molecule has 1 aromatic heterocycles. The Kier molecular flexibility index (Phi) is 3.59. The van der Waals surface area contributed by atoms with Gasteiger partial charge in [0.05, 0.1) is 0 Å². The SMILES string of the molecule is CC(CO)c1ccc(Cc2nccn2C)cc1. The summed E-state index contributed by atoms with van der Waals surface area (Å²) in [6.45, 7) is 2.21. The Morgan fingerprint density at radius 3 is 2.53 bits per heavy atom. The number of imidazole rings is 1.